The van der Waals surface area contributed by atoms with Crippen LogP contribution in [0.15, 0.2) is 9.81 Å². The highest BCUT2D eigenvalue weighted by atomic mass is 32.2. The third-order valence-corrected chi connectivity index (χ3v) is 12.4. The summed E-state index contributed by atoms with van der Waals surface area (Å²) in [6.07, 6.45) is 7.39. The number of thioether (sulfide) groups is 2. The highest BCUT2D eigenvalue weighted by Crippen LogP contribution is 2.61. The quantitative estimate of drug-likeness (QED) is 0.137. The van der Waals surface area contributed by atoms with Gasteiger partial charge >= 0.3 is 18.0 Å². The second-order valence-electron chi connectivity index (χ2n) is 14.5. The summed E-state index contributed by atoms with van der Waals surface area (Å²) in [5.74, 6) is -0.169. The van der Waals surface area contributed by atoms with Gasteiger partial charge in [0.15, 0.2) is 0 Å². The molecule has 254 valence electrons. The van der Waals surface area contributed by atoms with E-state index in [1.165, 1.54) is 45.3 Å². The SMILES string of the molecule is CCSC(SCC)=C1C(=O)N(CC2CCCC2)C(=O)N(C2CCC3(CC2)CC2(C3)C(=O)N(C)C(=O)N2CC(=O)OC(C)(C)C)C1=O. The lowest BCUT2D eigenvalue weighted by Gasteiger charge is -2.58. The molecule has 5 aliphatic rings. The lowest BCUT2D eigenvalue weighted by molar-refractivity contribution is -0.162. The predicted molar refractivity (Wildman–Crippen MR) is 177 cm³/mol. The Morgan fingerprint density at radius 1 is 0.891 bits per heavy atom. The minimum Gasteiger partial charge on any atom is -0.459 e. The third-order valence-electron chi connectivity index (χ3n) is 10.2. The van der Waals surface area contributed by atoms with Gasteiger partial charge in [0.2, 0.25) is 0 Å². The number of hydrogen-bond donors (Lipinski definition) is 0. The molecule has 2 saturated heterocycles. The zero-order chi connectivity index (χ0) is 33.6. The maximum absolute atomic E-state index is 14.1. The number of ether oxygens (including phenoxy) is 1. The Bertz CT molecular complexity index is 1310. The molecule has 46 heavy (non-hydrogen) atoms. The number of barbiturate groups is 1. The fourth-order valence-electron chi connectivity index (χ4n) is 8.17. The van der Waals surface area contributed by atoms with Gasteiger partial charge in [0, 0.05) is 19.6 Å². The first-order valence-corrected chi connectivity index (χ1v) is 18.6. The lowest BCUT2D eigenvalue weighted by atomic mass is 9.51. The molecule has 2 spiro atoms. The van der Waals surface area contributed by atoms with Crippen molar-refractivity contribution in [2.75, 3.05) is 31.6 Å². The number of rotatable bonds is 9. The number of carbonyl (C=O) groups is 6. The second kappa shape index (κ2) is 13.2. The monoisotopic (exact) mass is 676 g/mol. The van der Waals surface area contributed by atoms with E-state index in [1.54, 1.807) is 20.8 Å². The van der Waals surface area contributed by atoms with E-state index < -0.39 is 41.0 Å². The molecule has 3 saturated carbocycles. The van der Waals surface area contributed by atoms with Gasteiger partial charge in [-0.2, -0.15) is 0 Å². The molecule has 7 amide bonds. The van der Waals surface area contributed by atoms with Crippen LogP contribution in [0, 0.1) is 11.3 Å². The Balaban J connectivity index is 1.34. The van der Waals surface area contributed by atoms with Gasteiger partial charge in [0.25, 0.3) is 17.7 Å². The van der Waals surface area contributed by atoms with Gasteiger partial charge in [-0.15, -0.1) is 23.5 Å². The van der Waals surface area contributed by atoms with Crippen LogP contribution < -0.4 is 0 Å². The molecule has 0 N–H and O–H groups in total. The summed E-state index contributed by atoms with van der Waals surface area (Å²) in [4.78, 5) is 86.2. The molecule has 0 unspecified atom stereocenters. The Labute approximate surface area is 280 Å². The lowest BCUT2D eigenvalue weighted by Crippen LogP contribution is -2.66. The van der Waals surface area contributed by atoms with Gasteiger partial charge in [0.1, 0.15) is 23.3 Å². The third kappa shape index (κ3) is 6.34. The van der Waals surface area contributed by atoms with Crippen molar-refractivity contribution in [3.05, 3.63) is 9.81 Å². The van der Waals surface area contributed by atoms with Crippen molar-refractivity contribution < 1.29 is 33.5 Å². The summed E-state index contributed by atoms with van der Waals surface area (Å²) in [6, 6.07) is -1.38. The predicted octanol–water partition coefficient (Wildman–Crippen LogP) is 5.38. The summed E-state index contributed by atoms with van der Waals surface area (Å²) in [5.41, 5.74) is -1.93. The first-order valence-electron chi connectivity index (χ1n) is 16.7. The van der Waals surface area contributed by atoms with Gasteiger partial charge in [0.05, 0.1) is 4.24 Å². The Hall–Kier alpha value is -2.54. The van der Waals surface area contributed by atoms with Crippen LogP contribution in [0.25, 0.3) is 0 Å². The molecule has 0 atom stereocenters. The van der Waals surface area contributed by atoms with Crippen LogP contribution >= 0.6 is 23.5 Å². The number of urea groups is 2. The van der Waals surface area contributed by atoms with Gasteiger partial charge in [-0.25, -0.2) is 9.59 Å². The topological polar surface area (TPSA) is 125 Å². The van der Waals surface area contributed by atoms with Gasteiger partial charge in [-0.05, 0) is 95.0 Å². The fourth-order valence-corrected chi connectivity index (χ4v) is 10.4. The van der Waals surface area contributed by atoms with Gasteiger partial charge in [-0.1, -0.05) is 26.7 Å². The normalized spacial score (nSPS) is 29.1. The van der Waals surface area contributed by atoms with E-state index in [2.05, 4.69) is 0 Å². The summed E-state index contributed by atoms with van der Waals surface area (Å²) in [7, 11) is 1.45. The van der Waals surface area contributed by atoms with Crippen LogP contribution in [0.3, 0.4) is 0 Å². The van der Waals surface area contributed by atoms with E-state index >= 15 is 0 Å². The number of esters is 1. The van der Waals surface area contributed by atoms with Crippen molar-refractivity contribution in [1.29, 1.82) is 0 Å². The second-order valence-corrected chi connectivity index (χ2v) is 17.3. The summed E-state index contributed by atoms with van der Waals surface area (Å²) in [6.45, 7) is 9.28. The van der Waals surface area contributed by atoms with Crippen LogP contribution in [0.2, 0.25) is 0 Å². The molecule has 0 aromatic heterocycles. The van der Waals surface area contributed by atoms with E-state index in [0.717, 1.165) is 30.6 Å². The van der Waals surface area contributed by atoms with Crippen LogP contribution in [-0.2, 0) is 23.9 Å². The summed E-state index contributed by atoms with van der Waals surface area (Å²) in [5, 5.41) is 0. The molecular formula is C33H48N4O7S2. The number of hydrogen-bond acceptors (Lipinski definition) is 9. The zero-order valence-electron chi connectivity index (χ0n) is 28.0. The van der Waals surface area contributed by atoms with E-state index in [-0.39, 0.29) is 35.4 Å². The molecule has 0 aromatic rings. The maximum Gasteiger partial charge on any atom is 0.334 e. The van der Waals surface area contributed by atoms with Crippen molar-refractivity contribution in [3.8, 4) is 0 Å². The highest BCUT2D eigenvalue weighted by molar-refractivity contribution is 8.22. The van der Waals surface area contributed by atoms with Crippen molar-refractivity contribution >= 4 is 59.3 Å². The van der Waals surface area contributed by atoms with E-state index in [9.17, 15) is 28.8 Å². The molecule has 0 radical (unpaired) electrons. The zero-order valence-corrected chi connectivity index (χ0v) is 29.7. The van der Waals surface area contributed by atoms with E-state index in [1.807, 2.05) is 13.8 Å². The average molecular weight is 677 g/mol. The Morgan fingerprint density at radius 3 is 2.02 bits per heavy atom. The average Bonchev–Trinajstić information content (AvgIpc) is 3.54. The Kier molecular flexibility index (Phi) is 9.95. The molecule has 2 heterocycles. The largest absolute Gasteiger partial charge is 0.459 e. The summed E-state index contributed by atoms with van der Waals surface area (Å²) >= 11 is 2.95. The molecule has 2 aliphatic heterocycles. The van der Waals surface area contributed by atoms with Crippen molar-refractivity contribution in [2.24, 2.45) is 11.3 Å². The minimum atomic E-state index is -1.09. The first-order chi connectivity index (χ1) is 21.7. The molecule has 13 heteroatoms. The maximum atomic E-state index is 14.1. The van der Waals surface area contributed by atoms with E-state index in [4.69, 9.17) is 4.74 Å². The number of nitrogens with zero attached hydrogens (tertiary/aromatic N) is 4. The summed E-state index contributed by atoms with van der Waals surface area (Å²) < 4.78 is 6.15. The number of imide groups is 3. The molecule has 0 aromatic carbocycles. The van der Waals surface area contributed by atoms with Crippen molar-refractivity contribution in [3.63, 3.8) is 0 Å². The van der Waals surface area contributed by atoms with Gasteiger partial charge in [-0.3, -0.25) is 38.8 Å². The standard InChI is InChI=1S/C33H48N4O7S2/c1-7-45-27(46-8-2)24-25(39)35(17-21-11-9-10-12-21)30(43)37(26(24)40)22-13-15-32(16-14-22)19-33(20-32)28(41)34(6)29(42)36(33)18-23(38)44-31(3,4)5/h21-22H,7-20H2,1-6H3. The molecule has 3 aliphatic carbocycles. The van der Waals surface area contributed by atoms with Crippen molar-refractivity contribution in [2.45, 2.75) is 116 Å². The van der Waals surface area contributed by atoms with E-state index in [0.29, 0.717) is 60.8 Å². The molecule has 5 rings (SSSR count). The highest BCUT2D eigenvalue weighted by Gasteiger charge is 2.68. The number of likely N-dealkylation sites (N-methyl/N-ethyl adjacent to an activating group) is 1. The van der Waals surface area contributed by atoms with Crippen LogP contribution in [-0.4, -0.2) is 104 Å². The van der Waals surface area contributed by atoms with Crippen molar-refractivity contribution in [1.82, 2.24) is 19.6 Å². The Morgan fingerprint density at radius 2 is 1.48 bits per heavy atom. The molecule has 5 fully saturated rings. The minimum absolute atomic E-state index is 0.120. The molecule has 11 nitrogen and oxygen atoms in total. The van der Waals surface area contributed by atoms with Crippen LogP contribution in [0.1, 0.15) is 98.8 Å². The number of amides is 7. The van der Waals surface area contributed by atoms with Gasteiger partial charge < -0.3 is 4.74 Å². The molecular weight excluding hydrogens is 629 g/mol. The number of carbonyl (C=O) groups excluding carboxylic acids is 6. The van der Waals surface area contributed by atoms with Crippen LogP contribution in [0.4, 0.5) is 9.59 Å². The smallest absolute Gasteiger partial charge is 0.334 e. The molecule has 0 bridgehead atoms. The van der Waals surface area contributed by atoms with Crippen LogP contribution in [0.5, 0.6) is 0 Å². The first kappa shape index (κ1) is 34.8. The fraction of sp³-hybridized carbons (Fsp3) is 0.758.